The average Bonchev–Trinajstić information content (AvgIpc) is 2.67. The molecule has 1 aliphatic carbocycles. The predicted molar refractivity (Wildman–Crippen MR) is 97.6 cm³/mol. The van der Waals surface area contributed by atoms with Crippen LogP contribution in [0, 0.1) is 5.92 Å². The summed E-state index contributed by atoms with van der Waals surface area (Å²) in [5.41, 5.74) is 0.580. The molecule has 1 aromatic carbocycles. The normalized spacial score (nSPS) is 19.3. The number of morpholine rings is 1. The van der Waals surface area contributed by atoms with Gasteiger partial charge in [-0.2, -0.15) is 0 Å². The van der Waals surface area contributed by atoms with Crippen LogP contribution in [0.15, 0.2) is 33.5 Å². The Kier molecular flexibility index (Phi) is 4.92. The van der Waals surface area contributed by atoms with Gasteiger partial charge in [-0.15, -0.1) is 0 Å². The van der Waals surface area contributed by atoms with Gasteiger partial charge in [-0.05, 0) is 30.9 Å². The first kappa shape index (κ1) is 16.5. The molecule has 1 saturated heterocycles. The average molecular weight is 343 g/mol. The lowest BCUT2D eigenvalue weighted by atomic mass is 9.90. The molecule has 1 aliphatic heterocycles. The maximum atomic E-state index is 12.4. The van der Waals surface area contributed by atoms with Crippen LogP contribution in [0.3, 0.4) is 0 Å². The van der Waals surface area contributed by atoms with E-state index in [4.69, 9.17) is 13.9 Å². The summed E-state index contributed by atoms with van der Waals surface area (Å²) in [5.74, 6) is 2.04. The quantitative estimate of drug-likeness (QED) is 0.849. The van der Waals surface area contributed by atoms with Gasteiger partial charge in [0.25, 0.3) is 0 Å². The smallest absolute Gasteiger partial charge is 0.200 e. The molecule has 0 amide bonds. The summed E-state index contributed by atoms with van der Waals surface area (Å²) in [7, 11) is 0. The molecule has 5 nitrogen and oxygen atoms in total. The van der Waals surface area contributed by atoms with Crippen LogP contribution < -0.4 is 15.1 Å². The minimum atomic E-state index is -0.0124. The van der Waals surface area contributed by atoms with Gasteiger partial charge in [0.2, 0.25) is 0 Å². The van der Waals surface area contributed by atoms with Gasteiger partial charge in [0.05, 0.1) is 25.2 Å². The highest BCUT2D eigenvalue weighted by molar-refractivity contribution is 5.79. The van der Waals surface area contributed by atoms with Crippen LogP contribution in [-0.4, -0.2) is 32.9 Å². The zero-order valence-electron chi connectivity index (χ0n) is 14.5. The van der Waals surface area contributed by atoms with Crippen LogP contribution in [0.5, 0.6) is 5.75 Å². The Bertz CT molecular complexity index is 773. The highest BCUT2D eigenvalue weighted by Crippen LogP contribution is 2.27. The van der Waals surface area contributed by atoms with Crippen LogP contribution in [0.4, 0.5) is 5.88 Å². The molecule has 2 aliphatic rings. The third-order valence-electron chi connectivity index (χ3n) is 5.22. The fourth-order valence-corrected chi connectivity index (χ4v) is 3.72. The van der Waals surface area contributed by atoms with Crippen molar-refractivity contribution in [1.82, 2.24) is 0 Å². The van der Waals surface area contributed by atoms with Crippen molar-refractivity contribution in [2.45, 2.75) is 32.1 Å². The predicted octanol–water partition coefficient (Wildman–Crippen LogP) is 3.59. The maximum Gasteiger partial charge on any atom is 0.200 e. The molecule has 25 heavy (non-hydrogen) atoms. The molecule has 134 valence electrons. The minimum Gasteiger partial charge on any atom is -0.493 e. The molecule has 2 heterocycles. The lowest BCUT2D eigenvalue weighted by Gasteiger charge is -2.27. The number of ether oxygens (including phenoxy) is 2. The second-order valence-corrected chi connectivity index (χ2v) is 7.02. The first-order valence-corrected chi connectivity index (χ1v) is 9.33. The molecule has 0 bridgehead atoms. The number of fused-ring (bicyclic) bond motifs is 1. The highest BCUT2D eigenvalue weighted by atomic mass is 16.5. The van der Waals surface area contributed by atoms with Crippen LogP contribution in [0.1, 0.15) is 32.1 Å². The number of benzene rings is 1. The standard InChI is InChI=1S/C20H25NO4/c22-18-13-20(21-8-10-23-11-9-21)25-19-12-16(6-7-17(18)19)24-14-15-4-2-1-3-5-15/h6-7,12-13,15H,1-5,8-11,14H2. The molecule has 0 unspecified atom stereocenters. The van der Waals surface area contributed by atoms with Crippen LogP contribution in [-0.2, 0) is 4.74 Å². The summed E-state index contributed by atoms with van der Waals surface area (Å²) in [6.07, 6.45) is 6.47. The number of hydrogen-bond donors (Lipinski definition) is 0. The van der Waals surface area contributed by atoms with E-state index in [1.54, 1.807) is 12.1 Å². The summed E-state index contributed by atoms with van der Waals surface area (Å²) < 4.78 is 17.4. The van der Waals surface area contributed by atoms with E-state index >= 15 is 0 Å². The fourth-order valence-electron chi connectivity index (χ4n) is 3.72. The Labute approximate surface area is 147 Å². The minimum absolute atomic E-state index is 0.0124. The molecular formula is C20H25NO4. The van der Waals surface area contributed by atoms with Gasteiger partial charge < -0.3 is 18.8 Å². The van der Waals surface area contributed by atoms with Crippen LogP contribution in [0.25, 0.3) is 11.0 Å². The lowest BCUT2D eigenvalue weighted by Crippen LogP contribution is -2.36. The van der Waals surface area contributed by atoms with Crippen molar-refractivity contribution >= 4 is 16.9 Å². The molecular weight excluding hydrogens is 318 g/mol. The Balaban J connectivity index is 1.54. The van der Waals surface area contributed by atoms with Crippen LogP contribution in [0.2, 0.25) is 0 Å². The molecule has 2 fully saturated rings. The van der Waals surface area contributed by atoms with Gasteiger partial charge in [-0.1, -0.05) is 19.3 Å². The second-order valence-electron chi connectivity index (χ2n) is 7.02. The van der Waals surface area contributed by atoms with E-state index in [1.165, 1.54) is 32.1 Å². The summed E-state index contributed by atoms with van der Waals surface area (Å²) in [5, 5.41) is 0.599. The van der Waals surface area contributed by atoms with Gasteiger partial charge in [0, 0.05) is 25.2 Å². The molecule has 5 heteroatoms. The van der Waals surface area contributed by atoms with E-state index in [2.05, 4.69) is 4.90 Å². The molecule has 4 rings (SSSR count). The summed E-state index contributed by atoms with van der Waals surface area (Å²) in [6.45, 7) is 3.55. The Morgan fingerprint density at radius 3 is 2.68 bits per heavy atom. The third-order valence-corrected chi connectivity index (χ3v) is 5.22. The van der Waals surface area contributed by atoms with Crippen LogP contribution >= 0.6 is 0 Å². The number of hydrogen-bond acceptors (Lipinski definition) is 5. The van der Waals surface area contributed by atoms with Crippen molar-refractivity contribution in [1.29, 1.82) is 0 Å². The van der Waals surface area contributed by atoms with E-state index in [1.807, 2.05) is 12.1 Å². The fraction of sp³-hybridized carbons (Fsp3) is 0.550. The molecule has 0 N–H and O–H groups in total. The largest absolute Gasteiger partial charge is 0.493 e. The van der Waals surface area contributed by atoms with Crippen molar-refractivity contribution in [3.63, 3.8) is 0 Å². The summed E-state index contributed by atoms with van der Waals surface area (Å²) in [4.78, 5) is 14.5. The molecule has 2 aromatic rings. The zero-order chi connectivity index (χ0) is 17.1. The number of nitrogens with zero attached hydrogens (tertiary/aromatic N) is 1. The van der Waals surface area contributed by atoms with Crippen molar-refractivity contribution in [3.8, 4) is 5.75 Å². The molecule has 0 spiro atoms. The SMILES string of the molecule is O=c1cc(N2CCOCC2)oc2cc(OCC3CCCCC3)ccc12. The topological polar surface area (TPSA) is 51.9 Å². The molecule has 0 radical (unpaired) electrons. The van der Waals surface area contributed by atoms with E-state index < -0.39 is 0 Å². The van der Waals surface area contributed by atoms with Crippen molar-refractivity contribution in [2.75, 3.05) is 37.8 Å². The monoisotopic (exact) mass is 343 g/mol. The zero-order valence-corrected chi connectivity index (χ0v) is 14.5. The van der Waals surface area contributed by atoms with Gasteiger partial charge in [-0.25, -0.2) is 0 Å². The molecule has 1 saturated carbocycles. The van der Waals surface area contributed by atoms with Gasteiger partial charge in [-0.3, -0.25) is 4.79 Å². The van der Waals surface area contributed by atoms with Gasteiger partial charge in [0.1, 0.15) is 11.3 Å². The maximum absolute atomic E-state index is 12.4. The Morgan fingerprint density at radius 2 is 1.88 bits per heavy atom. The van der Waals surface area contributed by atoms with Crippen molar-refractivity contribution in [3.05, 3.63) is 34.5 Å². The van der Waals surface area contributed by atoms with E-state index in [-0.39, 0.29) is 5.43 Å². The number of anilines is 1. The van der Waals surface area contributed by atoms with E-state index in [0.29, 0.717) is 36.0 Å². The summed E-state index contributed by atoms with van der Waals surface area (Å²) in [6, 6.07) is 7.11. The summed E-state index contributed by atoms with van der Waals surface area (Å²) >= 11 is 0. The first-order valence-electron chi connectivity index (χ1n) is 9.33. The molecule has 1 aromatic heterocycles. The third kappa shape index (κ3) is 3.82. The highest BCUT2D eigenvalue weighted by Gasteiger charge is 2.17. The van der Waals surface area contributed by atoms with Gasteiger partial charge in [0.15, 0.2) is 11.3 Å². The van der Waals surface area contributed by atoms with Crippen molar-refractivity contribution < 1.29 is 13.9 Å². The van der Waals surface area contributed by atoms with E-state index in [0.717, 1.165) is 25.4 Å². The van der Waals surface area contributed by atoms with Gasteiger partial charge >= 0.3 is 0 Å². The Morgan fingerprint density at radius 1 is 1.08 bits per heavy atom. The molecule has 0 atom stereocenters. The first-order chi connectivity index (χ1) is 12.3. The second kappa shape index (κ2) is 7.48. The van der Waals surface area contributed by atoms with E-state index in [9.17, 15) is 4.79 Å². The lowest BCUT2D eigenvalue weighted by molar-refractivity contribution is 0.121. The number of rotatable bonds is 4. The van der Waals surface area contributed by atoms with Crippen molar-refractivity contribution in [2.24, 2.45) is 5.92 Å². The Hall–Kier alpha value is -2.01.